The van der Waals surface area contributed by atoms with Crippen molar-refractivity contribution in [3.8, 4) is 5.75 Å². The van der Waals surface area contributed by atoms with E-state index in [1.165, 1.54) is 11.0 Å². The number of piperidine rings is 1. The Morgan fingerprint density at radius 2 is 1.90 bits per heavy atom. The van der Waals surface area contributed by atoms with E-state index in [1.807, 2.05) is 0 Å². The van der Waals surface area contributed by atoms with Crippen LogP contribution in [0.15, 0.2) is 29.2 Å². The van der Waals surface area contributed by atoms with Gasteiger partial charge in [0.1, 0.15) is 16.7 Å². The third-order valence-electron chi connectivity index (χ3n) is 3.25. The molecule has 1 aromatic carbocycles. The van der Waals surface area contributed by atoms with Crippen LogP contribution in [0.4, 0.5) is 4.79 Å². The van der Waals surface area contributed by atoms with Crippen LogP contribution < -0.4 is 4.74 Å². The molecule has 0 atom stereocenters. The van der Waals surface area contributed by atoms with Gasteiger partial charge >= 0.3 is 6.09 Å². The first-order valence-electron chi connectivity index (χ1n) is 6.31. The molecule has 0 aromatic heterocycles. The van der Waals surface area contributed by atoms with Crippen LogP contribution in [0.3, 0.4) is 0 Å². The molecule has 1 heterocycles. The molecule has 0 bridgehead atoms. The van der Waals surface area contributed by atoms with Crippen molar-refractivity contribution in [1.29, 1.82) is 0 Å². The number of para-hydroxylation sites is 1. The predicted molar refractivity (Wildman–Crippen MR) is 72.8 cm³/mol. The average molecular weight is 299 g/mol. The number of nitrogens with zero attached hydrogens (tertiary/aromatic N) is 1. The van der Waals surface area contributed by atoms with Crippen molar-refractivity contribution in [1.82, 2.24) is 4.90 Å². The highest BCUT2D eigenvalue weighted by atomic mass is 32.2. The number of carbonyl (C=O) groups is 1. The van der Waals surface area contributed by atoms with Crippen LogP contribution in [0.5, 0.6) is 5.75 Å². The highest BCUT2D eigenvalue weighted by Crippen LogP contribution is 2.26. The zero-order valence-corrected chi connectivity index (χ0v) is 12.0. The summed E-state index contributed by atoms with van der Waals surface area (Å²) in [6, 6.07) is 6.50. The fourth-order valence-electron chi connectivity index (χ4n) is 2.20. The molecule has 1 aromatic rings. The van der Waals surface area contributed by atoms with E-state index in [2.05, 4.69) is 0 Å². The minimum Gasteiger partial charge on any atom is -0.489 e. The van der Waals surface area contributed by atoms with Crippen LogP contribution in [-0.4, -0.2) is 50.0 Å². The lowest BCUT2D eigenvalue weighted by atomic mass is 10.1. The molecule has 1 aliphatic rings. The van der Waals surface area contributed by atoms with E-state index in [0.717, 1.165) is 6.26 Å². The largest absolute Gasteiger partial charge is 0.489 e. The van der Waals surface area contributed by atoms with Crippen molar-refractivity contribution in [2.75, 3.05) is 19.3 Å². The molecule has 20 heavy (non-hydrogen) atoms. The van der Waals surface area contributed by atoms with Crippen molar-refractivity contribution in [3.63, 3.8) is 0 Å². The Morgan fingerprint density at radius 3 is 2.45 bits per heavy atom. The fraction of sp³-hybridized carbons (Fsp3) is 0.462. The van der Waals surface area contributed by atoms with Gasteiger partial charge in [-0.3, -0.25) is 0 Å². The van der Waals surface area contributed by atoms with Crippen LogP contribution in [0, 0.1) is 0 Å². The summed E-state index contributed by atoms with van der Waals surface area (Å²) in [7, 11) is -3.34. The van der Waals surface area contributed by atoms with E-state index in [4.69, 9.17) is 9.84 Å². The lowest BCUT2D eigenvalue weighted by Gasteiger charge is -2.30. The average Bonchev–Trinajstić information content (AvgIpc) is 2.38. The summed E-state index contributed by atoms with van der Waals surface area (Å²) in [6.45, 7) is 0.808. The summed E-state index contributed by atoms with van der Waals surface area (Å²) in [5.41, 5.74) is 0. The summed E-state index contributed by atoms with van der Waals surface area (Å²) < 4.78 is 29.1. The molecule has 6 nitrogen and oxygen atoms in total. The molecule has 1 amide bonds. The molecule has 0 aliphatic carbocycles. The van der Waals surface area contributed by atoms with E-state index in [1.54, 1.807) is 18.2 Å². The second kappa shape index (κ2) is 5.70. The quantitative estimate of drug-likeness (QED) is 0.916. The van der Waals surface area contributed by atoms with Gasteiger partial charge in [0.2, 0.25) is 0 Å². The molecule has 1 N–H and O–H groups in total. The summed E-state index contributed by atoms with van der Waals surface area (Å²) >= 11 is 0. The Kier molecular flexibility index (Phi) is 4.17. The molecule has 2 rings (SSSR count). The van der Waals surface area contributed by atoms with E-state index in [9.17, 15) is 13.2 Å². The number of carboxylic acid groups (broad SMARTS) is 1. The number of sulfone groups is 1. The Hall–Kier alpha value is -1.76. The summed E-state index contributed by atoms with van der Waals surface area (Å²) in [6.07, 6.45) is 1.17. The van der Waals surface area contributed by atoms with Gasteiger partial charge in [-0.15, -0.1) is 0 Å². The molecule has 1 fully saturated rings. The highest BCUT2D eigenvalue weighted by Gasteiger charge is 2.25. The molecule has 0 unspecified atom stereocenters. The number of likely N-dealkylation sites (tertiary alicyclic amines) is 1. The number of ether oxygens (including phenoxy) is 1. The van der Waals surface area contributed by atoms with E-state index in [0.29, 0.717) is 31.7 Å². The molecular formula is C13H17NO5S. The smallest absolute Gasteiger partial charge is 0.407 e. The Labute approximate surface area is 117 Å². The third-order valence-corrected chi connectivity index (χ3v) is 4.39. The second-order valence-corrected chi connectivity index (χ2v) is 6.79. The Morgan fingerprint density at radius 1 is 1.30 bits per heavy atom. The summed E-state index contributed by atoms with van der Waals surface area (Å²) in [5, 5.41) is 8.87. The van der Waals surface area contributed by atoms with Gasteiger partial charge in [0.15, 0.2) is 9.84 Å². The summed E-state index contributed by atoms with van der Waals surface area (Å²) in [5.74, 6) is 0.337. The molecule has 110 valence electrons. The monoisotopic (exact) mass is 299 g/mol. The minimum atomic E-state index is -3.34. The van der Waals surface area contributed by atoms with Crippen molar-refractivity contribution in [3.05, 3.63) is 24.3 Å². The summed E-state index contributed by atoms with van der Waals surface area (Å²) in [4.78, 5) is 12.3. The van der Waals surface area contributed by atoms with Gasteiger partial charge in [0.05, 0.1) is 0 Å². The van der Waals surface area contributed by atoms with Gasteiger partial charge in [-0.2, -0.15) is 0 Å². The molecular weight excluding hydrogens is 282 g/mol. The molecule has 1 aliphatic heterocycles. The van der Waals surface area contributed by atoms with Crippen molar-refractivity contribution in [2.24, 2.45) is 0 Å². The Balaban J connectivity index is 2.07. The number of hydrogen-bond donors (Lipinski definition) is 1. The van der Waals surface area contributed by atoms with Crippen LogP contribution in [0.1, 0.15) is 12.8 Å². The maximum atomic E-state index is 11.7. The van der Waals surface area contributed by atoms with Crippen molar-refractivity contribution >= 4 is 15.9 Å². The third kappa shape index (κ3) is 3.41. The standard InChI is InChI=1S/C13H17NO5S/c1-20(17,18)12-5-3-2-4-11(12)19-10-6-8-14(9-7-10)13(15)16/h2-5,10H,6-9H2,1H3,(H,15,16). The SMILES string of the molecule is CS(=O)(=O)c1ccccc1OC1CCN(C(=O)O)CC1. The van der Waals surface area contributed by atoms with Crippen LogP contribution >= 0.6 is 0 Å². The minimum absolute atomic E-state index is 0.159. The van der Waals surface area contributed by atoms with E-state index in [-0.39, 0.29) is 11.0 Å². The van der Waals surface area contributed by atoms with Crippen LogP contribution in [0.2, 0.25) is 0 Å². The first kappa shape index (κ1) is 14.6. The Bertz CT molecular complexity index is 591. The predicted octanol–water partition coefficient (Wildman–Crippen LogP) is 1.61. The van der Waals surface area contributed by atoms with E-state index >= 15 is 0 Å². The molecule has 0 saturated carbocycles. The zero-order chi connectivity index (χ0) is 14.8. The number of rotatable bonds is 3. The topological polar surface area (TPSA) is 83.9 Å². The zero-order valence-electron chi connectivity index (χ0n) is 11.2. The molecule has 7 heteroatoms. The maximum Gasteiger partial charge on any atom is 0.407 e. The molecule has 1 saturated heterocycles. The van der Waals surface area contributed by atoms with Gasteiger partial charge in [0, 0.05) is 32.2 Å². The van der Waals surface area contributed by atoms with E-state index < -0.39 is 15.9 Å². The normalized spacial score (nSPS) is 16.9. The van der Waals surface area contributed by atoms with Crippen LogP contribution in [-0.2, 0) is 9.84 Å². The first-order chi connectivity index (χ1) is 9.38. The number of amides is 1. The molecule has 0 spiro atoms. The fourth-order valence-corrected chi connectivity index (χ4v) is 3.01. The van der Waals surface area contributed by atoms with Crippen molar-refractivity contribution < 1.29 is 23.1 Å². The van der Waals surface area contributed by atoms with Gasteiger partial charge in [-0.1, -0.05) is 12.1 Å². The highest BCUT2D eigenvalue weighted by molar-refractivity contribution is 7.90. The van der Waals surface area contributed by atoms with Crippen LogP contribution in [0.25, 0.3) is 0 Å². The van der Waals surface area contributed by atoms with Crippen molar-refractivity contribution in [2.45, 2.75) is 23.8 Å². The maximum absolute atomic E-state index is 11.7. The van der Waals surface area contributed by atoms with Gasteiger partial charge < -0.3 is 14.7 Å². The van der Waals surface area contributed by atoms with Gasteiger partial charge in [0.25, 0.3) is 0 Å². The first-order valence-corrected chi connectivity index (χ1v) is 8.20. The lowest BCUT2D eigenvalue weighted by Crippen LogP contribution is -2.41. The van der Waals surface area contributed by atoms with Gasteiger partial charge in [-0.05, 0) is 12.1 Å². The molecule has 0 radical (unpaired) electrons. The second-order valence-electron chi connectivity index (χ2n) is 4.81. The number of benzene rings is 1. The lowest BCUT2D eigenvalue weighted by molar-refractivity contribution is 0.0880. The number of hydrogen-bond acceptors (Lipinski definition) is 4. The van der Waals surface area contributed by atoms with Gasteiger partial charge in [-0.25, -0.2) is 13.2 Å².